The zero-order chi connectivity index (χ0) is 25.0. The molecule has 3 aliphatic carbocycles. The second kappa shape index (κ2) is 9.01. The zero-order valence-electron chi connectivity index (χ0n) is 21.2. The molecule has 0 spiro atoms. The topological polar surface area (TPSA) is 12.0 Å². The van der Waals surface area contributed by atoms with E-state index in [-0.39, 0.29) is 11.3 Å². The lowest BCUT2D eigenvalue weighted by Gasteiger charge is -2.45. The van der Waals surface area contributed by atoms with Crippen molar-refractivity contribution < 1.29 is 13.2 Å². The minimum atomic E-state index is -4.33. The normalized spacial score (nSPS) is 25.7. The number of hydrogen-bond acceptors (Lipinski definition) is 1. The minimum Gasteiger partial charge on any atom is -0.362 e. The van der Waals surface area contributed by atoms with Gasteiger partial charge in [0.2, 0.25) is 0 Å². The van der Waals surface area contributed by atoms with Crippen molar-refractivity contribution in [2.75, 3.05) is 0 Å². The van der Waals surface area contributed by atoms with Gasteiger partial charge in [-0.25, -0.2) is 0 Å². The van der Waals surface area contributed by atoms with E-state index >= 15 is 0 Å². The average molecular weight is 482 g/mol. The highest BCUT2D eigenvalue weighted by Gasteiger charge is 2.44. The molecule has 2 fully saturated rings. The van der Waals surface area contributed by atoms with E-state index in [1.807, 2.05) is 0 Å². The van der Waals surface area contributed by atoms with E-state index in [1.165, 1.54) is 78.8 Å². The van der Waals surface area contributed by atoms with Crippen molar-refractivity contribution in [3.63, 3.8) is 0 Å². The molecule has 1 unspecified atom stereocenters. The summed E-state index contributed by atoms with van der Waals surface area (Å²) in [6, 6.07) is 5.62. The van der Waals surface area contributed by atoms with Gasteiger partial charge >= 0.3 is 6.18 Å². The maximum atomic E-state index is 13.2. The zero-order valence-corrected chi connectivity index (χ0v) is 21.2. The Kier molecular flexibility index (Phi) is 6.30. The fourth-order valence-electron chi connectivity index (χ4n) is 7.25. The summed E-state index contributed by atoms with van der Waals surface area (Å²) in [5.74, 6) is 1.24. The monoisotopic (exact) mass is 481 g/mol. The largest absolute Gasteiger partial charge is 0.416 e. The van der Waals surface area contributed by atoms with Gasteiger partial charge in [0.15, 0.2) is 0 Å². The third kappa shape index (κ3) is 4.66. The van der Waals surface area contributed by atoms with Crippen molar-refractivity contribution in [2.24, 2.45) is 23.2 Å². The molecule has 1 aromatic carbocycles. The molecule has 0 aromatic heterocycles. The van der Waals surface area contributed by atoms with E-state index in [4.69, 9.17) is 0 Å². The van der Waals surface area contributed by atoms with Gasteiger partial charge in [-0.3, -0.25) is 0 Å². The van der Waals surface area contributed by atoms with Crippen molar-refractivity contribution >= 4 is 5.57 Å². The van der Waals surface area contributed by atoms with Gasteiger partial charge in [0.1, 0.15) is 0 Å². The van der Waals surface area contributed by atoms with Crippen LogP contribution in [0, 0.1) is 23.2 Å². The van der Waals surface area contributed by atoms with Gasteiger partial charge in [0.05, 0.1) is 5.56 Å². The van der Waals surface area contributed by atoms with Crippen LogP contribution in [-0.2, 0) is 6.18 Å². The summed E-state index contributed by atoms with van der Waals surface area (Å²) in [6.07, 6.45) is 7.33. The molecule has 0 bridgehead atoms. The van der Waals surface area contributed by atoms with Gasteiger partial charge < -0.3 is 5.32 Å². The number of nitrogens with one attached hydrogen (secondary N) is 1. The Morgan fingerprint density at radius 3 is 2.14 bits per heavy atom. The lowest BCUT2D eigenvalue weighted by atomic mass is 9.63. The molecule has 188 valence electrons. The molecular weight excluding hydrogens is 443 g/mol. The number of halogens is 3. The number of rotatable bonds is 4. The average Bonchev–Trinajstić information content (AvgIpc) is 3.50. The van der Waals surface area contributed by atoms with Crippen LogP contribution in [0.15, 0.2) is 65.5 Å². The molecule has 4 heteroatoms. The van der Waals surface area contributed by atoms with Crippen LogP contribution in [0.1, 0.15) is 89.2 Å². The van der Waals surface area contributed by atoms with Crippen LogP contribution in [0.5, 0.6) is 0 Å². The summed E-state index contributed by atoms with van der Waals surface area (Å²) >= 11 is 0. The maximum absolute atomic E-state index is 13.2. The quantitative estimate of drug-likeness (QED) is 0.452. The van der Waals surface area contributed by atoms with E-state index in [9.17, 15) is 13.2 Å². The van der Waals surface area contributed by atoms with Crippen LogP contribution in [0.2, 0.25) is 0 Å². The molecule has 0 amide bonds. The highest BCUT2D eigenvalue weighted by Crippen LogP contribution is 2.55. The van der Waals surface area contributed by atoms with E-state index in [1.54, 1.807) is 12.1 Å². The summed E-state index contributed by atoms with van der Waals surface area (Å²) in [6.45, 7) is 13.8. The predicted octanol–water partition coefficient (Wildman–Crippen LogP) is 9.20. The standard InChI is InChI=1S/C31H38F3N/c1-19-17-30(3,4)18-25-26(19)28(22-9-5-6-10-22)27(29(35-25)23-11-7-8-12-23)20(2)21-13-15-24(16-14-21)31(32,33)34/h13-16,22-23,28,35H,1-2,5-12,17-18H2,3-4H3. The molecule has 1 nitrogen and oxygen atoms in total. The first-order valence-electron chi connectivity index (χ1n) is 13.3. The van der Waals surface area contributed by atoms with Crippen molar-refractivity contribution in [1.82, 2.24) is 5.32 Å². The van der Waals surface area contributed by atoms with E-state index in [0.29, 0.717) is 11.8 Å². The summed E-state index contributed by atoms with van der Waals surface area (Å²) in [5.41, 5.74) is 7.73. The molecule has 1 heterocycles. The molecule has 5 rings (SSSR count). The number of hydrogen-bond donors (Lipinski definition) is 1. The van der Waals surface area contributed by atoms with Crippen molar-refractivity contribution in [3.8, 4) is 0 Å². The van der Waals surface area contributed by atoms with E-state index in [2.05, 4.69) is 32.3 Å². The first kappa shape index (κ1) is 24.5. The summed E-state index contributed by atoms with van der Waals surface area (Å²) < 4.78 is 39.7. The lowest BCUT2D eigenvalue weighted by molar-refractivity contribution is -0.137. The van der Waals surface area contributed by atoms with Crippen molar-refractivity contribution in [3.05, 3.63) is 76.7 Å². The fourth-order valence-corrected chi connectivity index (χ4v) is 7.25. The summed E-state index contributed by atoms with van der Waals surface area (Å²) in [7, 11) is 0. The SMILES string of the molecule is C=C1CC(C)(C)CC2=C1C(C1CCCC1)C(C(=C)c1ccc(C(F)(F)F)cc1)=C(C1CCCC1)N2. The number of alkyl halides is 3. The van der Waals surface area contributed by atoms with Crippen molar-refractivity contribution in [2.45, 2.75) is 84.2 Å². The van der Waals surface area contributed by atoms with Gasteiger partial charge in [-0.1, -0.05) is 64.8 Å². The van der Waals surface area contributed by atoms with Gasteiger partial charge in [-0.05, 0) is 95.8 Å². The third-order valence-corrected chi connectivity index (χ3v) is 8.77. The van der Waals surface area contributed by atoms with Crippen LogP contribution in [-0.4, -0.2) is 0 Å². The second-order valence-electron chi connectivity index (χ2n) is 12.0. The molecular formula is C31H38F3N. The Morgan fingerprint density at radius 2 is 1.54 bits per heavy atom. The minimum absolute atomic E-state index is 0.172. The molecule has 1 atom stereocenters. The molecule has 35 heavy (non-hydrogen) atoms. The van der Waals surface area contributed by atoms with E-state index < -0.39 is 11.7 Å². The Morgan fingerprint density at radius 1 is 0.943 bits per heavy atom. The molecule has 1 N–H and O–H groups in total. The Hall–Kier alpha value is -2.23. The predicted molar refractivity (Wildman–Crippen MR) is 137 cm³/mol. The van der Waals surface area contributed by atoms with Gasteiger partial charge in [-0.15, -0.1) is 0 Å². The smallest absolute Gasteiger partial charge is 0.362 e. The first-order chi connectivity index (χ1) is 16.5. The Labute approximate surface area is 208 Å². The van der Waals surface area contributed by atoms with Gasteiger partial charge in [0, 0.05) is 17.3 Å². The molecule has 1 aromatic rings. The number of dihydropyridines is 1. The maximum Gasteiger partial charge on any atom is 0.416 e. The number of benzene rings is 1. The molecule has 0 radical (unpaired) electrons. The lowest BCUT2D eigenvalue weighted by Crippen LogP contribution is -2.38. The summed E-state index contributed by atoms with van der Waals surface area (Å²) in [4.78, 5) is 0. The first-order valence-corrected chi connectivity index (χ1v) is 13.3. The van der Waals surface area contributed by atoms with Crippen LogP contribution in [0.25, 0.3) is 5.57 Å². The van der Waals surface area contributed by atoms with Gasteiger partial charge in [-0.2, -0.15) is 13.2 Å². The molecule has 4 aliphatic rings. The Bertz CT molecular complexity index is 1070. The van der Waals surface area contributed by atoms with Crippen LogP contribution in [0.3, 0.4) is 0 Å². The highest BCUT2D eigenvalue weighted by atomic mass is 19.4. The molecule has 2 saturated carbocycles. The van der Waals surface area contributed by atoms with Crippen molar-refractivity contribution in [1.29, 1.82) is 0 Å². The molecule has 0 saturated heterocycles. The van der Waals surface area contributed by atoms with E-state index in [0.717, 1.165) is 36.8 Å². The molecule has 1 aliphatic heterocycles. The summed E-state index contributed by atoms with van der Waals surface area (Å²) in [5, 5.41) is 3.93. The van der Waals surface area contributed by atoms with Crippen LogP contribution in [0.4, 0.5) is 13.2 Å². The second-order valence-corrected chi connectivity index (χ2v) is 12.0. The van der Waals surface area contributed by atoms with Crippen LogP contribution < -0.4 is 5.32 Å². The number of allylic oxidation sites excluding steroid dienone is 6. The Balaban J connectivity index is 1.63. The third-order valence-electron chi connectivity index (χ3n) is 8.77. The van der Waals surface area contributed by atoms with Crippen LogP contribution >= 0.6 is 0 Å². The fraction of sp³-hybridized carbons (Fsp3) is 0.548. The highest BCUT2D eigenvalue weighted by molar-refractivity contribution is 5.81. The van der Waals surface area contributed by atoms with Gasteiger partial charge in [0.25, 0.3) is 0 Å².